The topological polar surface area (TPSA) is 64.0 Å². The third-order valence-corrected chi connectivity index (χ3v) is 7.01. The van der Waals surface area contributed by atoms with Crippen molar-refractivity contribution in [2.45, 2.75) is 10.6 Å². The highest BCUT2D eigenvalue weighted by Crippen LogP contribution is 2.31. The number of carbonyl (C=O) groups is 1. The van der Waals surface area contributed by atoms with Gasteiger partial charge in [-0.2, -0.15) is 21.1 Å². The molecule has 0 saturated carbocycles. The first-order valence-corrected chi connectivity index (χ1v) is 12.3. The molecule has 0 bridgehead atoms. The number of aromatic nitrogens is 2. The molecule has 5 nitrogen and oxygen atoms in total. The van der Waals surface area contributed by atoms with E-state index in [1.165, 1.54) is 10.2 Å². The van der Waals surface area contributed by atoms with Crippen LogP contribution in [-0.4, -0.2) is 15.7 Å². The SMILES string of the molecule is O=C(Nc1ccccc1SCc1ccsc1)c1nn(-c2ccccc2)c(=O)c2ccccc12. The van der Waals surface area contributed by atoms with Crippen molar-refractivity contribution in [1.82, 2.24) is 9.78 Å². The minimum atomic E-state index is -0.362. The summed E-state index contributed by atoms with van der Waals surface area (Å²) in [5.41, 5.74) is 2.50. The Morgan fingerprint density at radius 1 is 0.909 bits per heavy atom. The first kappa shape index (κ1) is 21.2. The molecule has 0 atom stereocenters. The summed E-state index contributed by atoms with van der Waals surface area (Å²) >= 11 is 3.33. The van der Waals surface area contributed by atoms with Crippen molar-refractivity contribution >= 4 is 45.5 Å². The number of anilines is 1. The van der Waals surface area contributed by atoms with Gasteiger partial charge in [-0.25, -0.2) is 0 Å². The van der Waals surface area contributed by atoms with E-state index in [2.05, 4.69) is 27.2 Å². The number of thioether (sulfide) groups is 1. The number of rotatable bonds is 6. The Morgan fingerprint density at radius 3 is 2.42 bits per heavy atom. The predicted octanol–water partition coefficient (Wildman–Crippen LogP) is 5.99. The summed E-state index contributed by atoms with van der Waals surface area (Å²) in [6.45, 7) is 0. The summed E-state index contributed by atoms with van der Waals surface area (Å²) in [6.07, 6.45) is 0. The smallest absolute Gasteiger partial charge is 0.279 e. The molecule has 2 heterocycles. The Hall–Kier alpha value is -3.68. The molecule has 0 saturated heterocycles. The highest BCUT2D eigenvalue weighted by atomic mass is 32.2. The maximum absolute atomic E-state index is 13.4. The molecule has 33 heavy (non-hydrogen) atoms. The molecule has 0 spiro atoms. The molecule has 2 aromatic heterocycles. The van der Waals surface area contributed by atoms with E-state index in [-0.39, 0.29) is 17.2 Å². The van der Waals surface area contributed by atoms with Crippen LogP contribution < -0.4 is 10.9 Å². The van der Waals surface area contributed by atoms with Crippen LogP contribution in [0.25, 0.3) is 16.5 Å². The Labute approximate surface area is 198 Å². The fourth-order valence-corrected chi connectivity index (χ4v) is 5.24. The van der Waals surface area contributed by atoms with Crippen LogP contribution in [0.1, 0.15) is 16.1 Å². The van der Waals surface area contributed by atoms with Crippen LogP contribution in [0.4, 0.5) is 5.69 Å². The Bertz CT molecular complexity index is 1480. The number of benzene rings is 3. The molecule has 3 aromatic carbocycles. The summed E-state index contributed by atoms with van der Waals surface area (Å²) in [4.78, 5) is 27.5. The van der Waals surface area contributed by atoms with Crippen molar-refractivity contribution in [2.24, 2.45) is 0 Å². The molecule has 1 amide bonds. The zero-order valence-electron chi connectivity index (χ0n) is 17.5. The maximum Gasteiger partial charge on any atom is 0.279 e. The number of hydrogen-bond acceptors (Lipinski definition) is 5. The number of hydrogen-bond donors (Lipinski definition) is 1. The zero-order valence-corrected chi connectivity index (χ0v) is 19.1. The fraction of sp³-hybridized carbons (Fsp3) is 0.0385. The van der Waals surface area contributed by atoms with Crippen LogP contribution in [0.5, 0.6) is 0 Å². The first-order chi connectivity index (χ1) is 16.2. The second kappa shape index (κ2) is 9.44. The van der Waals surface area contributed by atoms with Crippen molar-refractivity contribution in [3.8, 4) is 5.69 Å². The highest BCUT2D eigenvalue weighted by molar-refractivity contribution is 7.98. The van der Waals surface area contributed by atoms with E-state index >= 15 is 0 Å². The van der Waals surface area contributed by atoms with Gasteiger partial charge in [0.15, 0.2) is 5.69 Å². The van der Waals surface area contributed by atoms with Crippen molar-refractivity contribution in [3.63, 3.8) is 0 Å². The fourth-order valence-electron chi connectivity index (χ4n) is 3.51. The van der Waals surface area contributed by atoms with Crippen LogP contribution in [0.15, 0.2) is 105 Å². The average molecular weight is 470 g/mol. The number of carbonyl (C=O) groups excluding carboxylic acids is 1. The van der Waals surface area contributed by atoms with Gasteiger partial charge in [0.25, 0.3) is 11.5 Å². The standard InChI is InChI=1S/C26H19N3O2S2/c30-25(27-22-12-6-7-13-23(22)33-17-18-14-15-32-16-18)24-20-10-4-5-11-21(20)26(31)29(28-24)19-8-2-1-3-9-19/h1-16H,17H2,(H,27,30). The normalized spacial score (nSPS) is 10.9. The molecule has 0 aliphatic rings. The van der Waals surface area contributed by atoms with E-state index in [0.717, 1.165) is 10.6 Å². The van der Waals surface area contributed by atoms with E-state index in [1.54, 1.807) is 59.5 Å². The second-order valence-electron chi connectivity index (χ2n) is 7.32. The Balaban J connectivity index is 1.52. The quantitative estimate of drug-likeness (QED) is 0.310. The molecule has 162 valence electrons. The number of nitrogens with one attached hydrogen (secondary N) is 1. The molecule has 0 aliphatic carbocycles. The Morgan fingerprint density at radius 2 is 1.64 bits per heavy atom. The predicted molar refractivity (Wildman–Crippen MR) is 136 cm³/mol. The lowest BCUT2D eigenvalue weighted by molar-refractivity contribution is 0.102. The molecule has 5 rings (SSSR count). The minimum Gasteiger partial charge on any atom is -0.320 e. The molecule has 0 aliphatic heterocycles. The van der Waals surface area contributed by atoms with Crippen molar-refractivity contribution in [1.29, 1.82) is 0 Å². The van der Waals surface area contributed by atoms with Gasteiger partial charge in [-0.15, -0.1) is 11.8 Å². The molecule has 7 heteroatoms. The van der Waals surface area contributed by atoms with Crippen LogP contribution in [0, 0.1) is 0 Å². The summed E-state index contributed by atoms with van der Waals surface area (Å²) in [6, 6.07) is 26.0. The van der Waals surface area contributed by atoms with Gasteiger partial charge in [-0.1, -0.05) is 48.5 Å². The van der Waals surface area contributed by atoms with Gasteiger partial charge in [-0.05, 0) is 52.7 Å². The van der Waals surface area contributed by atoms with E-state index in [1.807, 2.05) is 42.5 Å². The van der Waals surface area contributed by atoms with Gasteiger partial charge >= 0.3 is 0 Å². The van der Waals surface area contributed by atoms with Crippen molar-refractivity contribution < 1.29 is 4.79 Å². The van der Waals surface area contributed by atoms with Gasteiger partial charge in [0.2, 0.25) is 0 Å². The maximum atomic E-state index is 13.4. The summed E-state index contributed by atoms with van der Waals surface area (Å²) in [5.74, 6) is 0.454. The van der Waals surface area contributed by atoms with Crippen LogP contribution >= 0.6 is 23.1 Å². The third-order valence-electron chi connectivity index (χ3n) is 5.13. The van der Waals surface area contributed by atoms with Crippen LogP contribution in [0.3, 0.4) is 0 Å². The highest BCUT2D eigenvalue weighted by Gasteiger charge is 2.18. The van der Waals surface area contributed by atoms with Crippen molar-refractivity contribution in [3.05, 3.63) is 117 Å². The second-order valence-corrected chi connectivity index (χ2v) is 9.11. The number of para-hydroxylation sites is 2. The van der Waals surface area contributed by atoms with Gasteiger partial charge in [0.05, 0.1) is 16.8 Å². The molecule has 0 radical (unpaired) electrons. The third kappa shape index (κ3) is 4.46. The minimum absolute atomic E-state index is 0.201. The lowest BCUT2D eigenvalue weighted by Gasteiger charge is -2.13. The molecular formula is C26H19N3O2S2. The number of nitrogens with zero attached hydrogens (tertiary/aromatic N) is 2. The van der Waals surface area contributed by atoms with E-state index in [4.69, 9.17) is 0 Å². The van der Waals surface area contributed by atoms with E-state index in [0.29, 0.717) is 22.1 Å². The van der Waals surface area contributed by atoms with Gasteiger partial charge in [-0.3, -0.25) is 9.59 Å². The summed E-state index contributed by atoms with van der Waals surface area (Å²) in [5, 5.41) is 12.6. The molecule has 0 unspecified atom stereocenters. The van der Waals surface area contributed by atoms with Crippen LogP contribution in [-0.2, 0) is 5.75 Å². The number of thiophene rings is 1. The zero-order chi connectivity index (χ0) is 22.6. The van der Waals surface area contributed by atoms with Crippen LogP contribution in [0.2, 0.25) is 0 Å². The first-order valence-electron chi connectivity index (χ1n) is 10.3. The number of amides is 1. The largest absolute Gasteiger partial charge is 0.320 e. The molecule has 5 aromatic rings. The lowest BCUT2D eigenvalue weighted by Crippen LogP contribution is -2.26. The molecular weight excluding hydrogens is 450 g/mol. The van der Waals surface area contributed by atoms with Gasteiger partial charge < -0.3 is 5.32 Å². The Kier molecular flexibility index (Phi) is 6.06. The number of fused-ring (bicyclic) bond motifs is 1. The molecule has 1 N–H and O–H groups in total. The lowest BCUT2D eigenvalue weighted by atomic mass is 10.1. The van der Waals surface area contributed by atoms with Gasteiger partial charge in [0.1, 0.15) is 0 Å². The van der Waals surface area contributed by atoms with Crippen molar-refractivity contribution in [2.75, 3.05) is 5.32 Å². The summed E-state index contributed by atoms with van der Waals surface area (Å²) < 4.78 is 1.29. The van der Waals surface area contributed by atoms with E-state index < -0.39 is 0 Å². The summed E-state index contributed by atoms with van der Waals surface area (Å²) in [7, 11) is 0. The van der Waals surface area contributed by atoms with Gasteiger partial charge in [0, 0.05) is 16.0 Å². The molecule has 0 fully saturated rings. The average Bonchev–Trinajstić information content (AvgIpc) is 3.38. The monoisotopic (exact) mass is 469 g/mol. The van der Waals surface area contributed by atoms with E-state index in [9.17, 15) is 9.59 Å².